The largest absolute Gasteiger partial charge is 0.426 e. The Kier molecular flexibility index (Phi) is 4.26. The van der Waals surface area contributed by atoms with Gasteiger partial charge in [0.2, 0.25) is 0 Å². The molecule has 0 saturated carbocycles. The van der Waals surface area contributed by atoms with E-state index in [1.54, 1.807) is 32.9 Å². The maximum Gasteiger partial charge on any atom is 0.338 e. The van der Waals surface area contributed by atoms with Crippen molar-refractivity contribution in [2.24, 2.45) is 0 Å². The quantitative estimate of drug-likeness (QED) is 0.469. The molecule has 1 rings (SSSR count). The van der Waals surface area contributed by atoms with Crippen molar-refractivity contribution in [3.8, 4) is 11.5 Å². The van der Waals surface area contributed by atoms with E-state index in [4.69, 9.17) is 9.47 Å². The van der Waals surface area contributed by atoms with Crippen molar-refractivity contribution in [2.75, 3.05) is 0 Å². The molecule has 0 atom stereocenters. The molecule has 0 aliphatic carbocycles. The number of hydrogen-bond donors (Lipinski definition) is 0. The summed E-state index contributed by atoms with van der Waals surface area (Å²) in [7, 11) is 0. The van der Waals surface area contributed by atoms with E-state index >= 15 is 0 Å². The molecular weight excluding hydrogens is 232 g/mol. The van der Waals surface area contributed by atoms with Gasteiger partial charge in [0.05, 0.1) is 0 Å². The summed E-state index contributed by atoms with van der Waals surface area (Å²) in [4.78, 5) is 22.3. The van der Waals surface area contributed by atoms with E-state index in [9.17, 15) is 9.59 Å². The van der Waals surface area contributed by atoms with Gasteiger partial charge < -0.3 is 9.47 Å². The molecule has 0 radical (unpaired) electrons. The Balaban J connectivity index is 3.04. The first-order valence-electron chi connectivity index (χ1n) is 5.49. The summed E-state index contributed by atoms with van der Waals surface area (Å²) in [6.45, 7) is 10.0. The summed E-state index contributed by atoms with van der Waals surface area (Å²) in [5, 5.41) is 0. The second-order valence-corrected chi connectivity index (χ2v) is 4.08. The first-order chi connectivity index (χ1) is 8.32. The molecule has 1 aromatic rings. The van der Waals surface area contributed by atoms with Crippen molar-refractivity contribution in [3.05, 3.63) is 35.4 Å². The summed E-state index contributed by atoms with van der Waals surface area (Å²) in [5.41, 5.74) is 1.84. The SMILES string of the molecule is C=C(C)C(=O)Oc1ccc(OC(C)=O)c(C)c1C. The molecule has 0 unspecified atom stereocenters. The summed E-state index contributed by atoms with van der Waals surface area (Å²) in [5.74, 6) is 0.0495. The standard InChI is InChI=1S/C14H16O4/c1-8(2)14(16)18-13-7-6-12(17-11(5)15)9(3)10(13)4/h6-7H,1H2,2-5H3. The molecule has 4 nitrogen and oxygen atoms in total. The molecule has 0 amide bonds. The van der Waals surface area contributed by atoms with Gasteiger partial charge in [-0.15, -0.1) is 0 Å². The Morgan fingerprint density at radius 1 is 1.00 bits per heavy atom. The predicted molar refractivity (Wildman–Crippen MR) is 67.7 cm³/mol. The van der Waals surface area contributed by atoms with Gasteiger partial charge in [-0.2, -0.15) is 0 Å². The molecule has 0 N–H and O–H groups in total. The highest BCUT2D eigenvalue weighted by Gasteiger charge is 2.13. The van der Waals surface area contributed by atoms with Crippen molar-refractivity contribution in [1.29, 1.82) is 0 Å². The van der Waals surface area contributed by atoms with Crippen LogP contribution in [-0.4, -0.2) is 11.9 Å². The van der Waals surface area contributed by atoms with E-state index in [0.717, 1.165) is 11.1 Å². The molecular formula is C14H16O4. The number of ether oxygens (including phenoxy) is 2. The molecule has 0 fully saturated rings. The fraction of sp³-hybridized carbons (Fsp3) is 0.286. The van der Waals surface area contributed by atoms with Gasteiger partial charge in [-0.05, 0) is 44.0 Å². The second kappa shape index (κ2) is 5.49. The second-order valence-electron chi connectivity index (χ2n) is 4.08. The number of hydrogen-bond acceptors (Lipinski definition) is 4. The third kappa shape index (κ3) is 3.20. The lowest BCUT2D eigenvalue weighted by molar-refractivity contribution is -0.132. The van der Waals surface area contributed by atoms with Gasteiger partial charge in [0, 0.05) is 12.5 Å². The maximum atomic E-state index is 11.4. The van der Waals surface area contributed by atoms with Gasteiger partial charge in [0.1, 0.15) is 11.5 Å². The Bertz CT molecular complexity index is 515. The van der Waals surface area contributed by atoms with Crippen LogP contribution in [0.4, 0.5) is 0 Å². The van der Waals surface area contributed by atoms with Crippen molar-refractivity contribution < 1.29 is 19.1 Å². The highest BCUT2D eigenvalue weighted by atomic mass is 16.5. The van der Waals surface area contributed by atoms with Gasteiger partial charge in [0.25, 0.3) is 0 Å². The van der Waals surface area contributed by atoms with E-state index in [2.05, 4.69) is 6.58 Å². The van der Waals surface area contributed by atoms with E-state index < -0.39 is 5.97 Å². The van der Waals surface area contributed by atoms with Gasteiger partial charge in [-0.3, -0.25) is 4.79 Å². The predicted octanol–water partition coefficient (Wildman–Crippen LogP) is 2.71. The van der Waals surface area contributed by atoms with Gasteiger partial charge in [0.15, 0.2) is 0 Å². The summed E-state index contributed by atoms with van der Waals surface area (Å²) in [6, 6.07) is 3.20. The van der Waals surface area contributed by atoms with Crippen LogP contribution >= 0.6 is 0 Å². The molecule has 1 aromatic carbocycles. The third-order valence-electron chi connectivity index (χ3n) is 2.49. The average Bonchev–Trinajstić information content (AvgIpc) is 2.28. The molecule has 18 heavy (non-hydrogen) atoms. The molecule has 0 aliphatic heterocycles. The normalized spacial score (nSPS) is 9.78. The van der Waals surface area contributed by atoms with E-state index in [1.165, 1.54) is 6.92 Å². The van der Waals surface area contributed by atoms with Gasteiger partial charge >= 0.3 is 11.9 Å². The Morgan fingerprint density at radius 3 is 1.83 bits per heavy atom. The van der Waals surface area contributed by atoms with Crippen LogP contribution in [0, 0.1) is 13.8 Å². The van der Waals surface area contributed by atoms with Gasteiger partial charge in [-0.25, -0.2) is 4.79 Å². The molecule has 0 spiro atoms. The highest BCUT2D eigenvalue weighted by Crippen LogP contribution is 2.29. The number of carbonyl (C=O) groups excluding carboxylic acids is 2. The maximum absolute atomic E-state index is 11.4. The lowest BCUT2D eigenvalue weighted by Gasteiger charge is -2.12. The minimum Gasteiger partial charge on any atom is -0.426 e. The van der Waals surface area contributed by atoms with Crippen molar-refractivity contribution in [3.63, 3.8) is 0 Å². The minimum atomic E-state index is -0.474. The Labute approximate surface area is 106 Å². The highest BCUT2D eigenvalue weighted by molar-refractivity contribution is 5.89. The van der Waals surface area contributed by atoms with Crippen LogP contribution in [0.1, 0.15) is 25.0 Å². The molecule has 0 bridgehead atoms. The zero-order valence-corrected chi connectivity index (χ0v) is 11.0. The molecule has 96 valence electrons. The van der Waals surface area contributed by atoms with Crippen molar-refractivity contribution in [2.45, 2.75) is 27.7 Å². The minimum absolute atomic E-state index is 0.330. The molecule has 0 saturated heterocycles. The van der Waals surface area contributed by atoms with Crippen LogP contribution in [-0.2, 0) is 9.59 Å². The number of rotatable bonds is 3. The smallest absolute Gasteiger partial charge is 0.338 e. The first-order valence-corrected chi connectivity index (χ1v) is 5.49. The zero-order valence-electron chi connectivity index (χ0n) is 11.0. The summed E-state index contributed by atoms with van der Waals surface area (Å²) < 4.78 is 10.2. The van der Waals surface area contributed by atoms with E-state index in [-0.39, 0.29) is 5.97 Å². The zero-order chi connectivity index (χ0) is 13.9. The molecule has 0 heterocycles. The lowest BCUT2D eigenvalue weighted by atomic mass is 10.1. The van der Waals surface area contributed by atoms with E-state index in [1.807, 2.05) is 0 Å². The average molecular weight is 248 g/mol. The Morgan fingerprint density at radius 2 is 1.44 bits per heavy atom. The van der Waals surface area contributed by atoms with Crippen LogP contribution in [0.25, 0.3) is 0 Å². The van der Waals surface area contributed by atoms with Gasteiger partial charge in [-0.1, -0.05) is 6.58 Å². The fourth-order valence-electron chi connectivity index (χ4n) is 1.33. The number of carbonyl (C=O) groups is 2. The summed E-state index contributed by atoms with van der Waals surface area (Å²) >= 11 is 0. The topological polar surface area (TPSA) is 52.6 Å². The number of esters is 2. The van der Waals surface area contributed by atoms with Crippen LogP contribution in [0.2, 0.25) is 0 Å². The molecule has 0 aliphatic rings. The molecule has 0 aromatic heterocycles. The number of benzene rings is 1. The lowest BCUT2D eigenvalue weighted by Crippen LogP contribution is -2.10. The van der Waals surface area contributed by atoms with Crippen LogP contribution in [0.5, 0.6) is 11.5 Å². The van der Waals surface area contributed by atoms with Crippen LogP contribution < -0.4 is 9.47 Å². The Hall–Kier alpha value is -2.10. The third-order valence-corrected chi connectivity index (χ3v) is 2.49. The van der Waals surface area contributed by atoms with E-state index in [0.29, 0.717) is 17.1 Å². The monoisotopic (exact) mass is 248 g/mol. The van der Waals surface area contributed by atoms with Crippen LogP contribution in [0.3, 0.4) is 0 Å². The fourth-order valence-corrected chi connectivity index (χ4v) is 1.33. The van der Waals surface area contributed by atoms with Crippen molar-refractivity contribution in [1.82, 2.24) is 0 Å². The van der Waals surface area contributed by atoms with Crippen molar-refractivity contribution >= 4 is 11.9 Å². The van der Waals surface area contributed by atoms with Crippen LogP contribution in [0.15, 0.2) is 24.3 Å². The first kappa shape index (κ1) is 14.0. The molecule has 4 heteroatoms. The summed E-state index contributed by atoms with van der Waals surface area (Å²) in [6.07, 6.45) is 0.